The van der Waals surface area contributed by atoms with Crippen molar-refractivity contribution in [2.45, 2.75) is 32.3 Å². The minimum absolute atomic E-state index is 0.0661. The van der Waals surface area contributed by atoms with Gasteiger partial charge in [-0.25, -0.2) is 4.79 Å². The van der Waals surface area contributed by atoms with Crippen LogP contribution in [-0.2, 0) is 9.53 Å². The number of benzene rings is 1. The van der Waals surface area contributed by atoms with Gasteiger partial charge in [0.1, 0.15) is 5.97 Å². The van der Waals surface area contributed by atoms with E-state index in [0.717, 1.165) is 10.5 Å². The van der Waals surface area contributed by atoms with E-state index in [1.165, 1.54) is 26.0 Å². The molecule has 1 unspecified atom stereocenters. The smallest absolute Gasteiger partial charge is 0.338 e. The first-order chi connectivity index (χ1) is 9.52. The maximum Gasteiger partial charge on any atom is 0.338 e. The highest BCUT2D eigenvalue weighted by Gasteiger charge is 2.56. The van der Waals surface area contributed by atoms with Crippen LogP contribution in [0.2, 0.25) is 0 Å². The van der Waals surface area contributed by atoms with Gasteiger partial charge >= 0.3 is 11.9 Å². The second-order valence-corrected chi connectivity index (χ2v) is 6.27. The first kappa shape index (κ1) is 17.8. The van der Waals surface area contributed by atoms with E-state index in [0.29, 0.717) is 0 Å². The molecule has 116 valence electrons. The van der Waals surface area contributed by atoms with Crippen LogP contribution >= 0.6 is 22.6 Å². The molecule has 21 heavy (non-hydrogen) atoms. The van der Waals surface area contributed by atoms with Gasteiger partial charge in [0.2, 0.25) is 0 Å². The number of halogens is 3. The van der Waals surface area contributed by atoms with Crippen molar-refractivity contribution in [1.82, 2.24) is 0 Å². The minimum atomic E-state index is -4.31. The molecule has 0 radical (unpaired) electrons. The Balaban J connectivity index is 3.12. The zero-order chi connectivity index (χ0) is 16.4. The van der Waals surface area contributed by atoms with Crippen molar-refractivity contribution in [3.05, 3.63) is 33.4 Å². The second kappa shape index (κ2) is 6.25. The quantitative estimate of drug-likeness (QED) is 0.551. The summed E-state index contributed by atoms with van der Waals surface area (Å²) in [5.74, 6) is -8.82. The number of hydrogen-bond donors (Lipinski definition) is 0. The summed E-state index contributed by atoms with van der Waals surface area (Å²) in [5.41, 5.74) is -2.44. The second-order valence-electron chi connectivity index (χ2n) is 5.02. The molecule has 0 saturated carbocycles. The van der Waals surface area contributed by atoms with Gasteiger partial charge in [-0.15, -0.1) is 0 Å². The van der Waals surface area contributed by atoms with Crippen molar-refractivity contribution >= 4 is 34.5 Å². The standard InChI is InChI=1S/C14H15F2IO4/c1-8(2)13(3,14(15,16)12(19)20)21-11(18)9-4-6-10(17)7-5-9/h4-8H,1-3H3,(H,19,20)/p-1. The molecule has 1 atom stereocenters. The Hall–Kier alpha value is -1.25. The van der Waals surface area contributed by atoms with Crippen molar-refractivity contribution in [1.29, 1.82) is 0 Å². The van der Waals surface area contributed by atoms with E-state index in [2.05, 4.69) is 0 Å². The number of carboxylic acid groups (broad SMARTS) is 1. The molecule has 0 heterocycles. The van der Waals surface area contributed by atoms with Crippen molar-refractivity contribution in [2.24, 2.45) is 5.92 Å². The van der Waals surface area contributed by atoms with Gasteiger partial charge in [0, 0.05) is 3.57 Å². The van der Waals surface area contributed by atoms with Gasteiger partial charge in [-0.3, -0.25) is 0 Å². The summed E-state index contributed by atoms with van der Waals surface area (Å²) >= 11 is 2.02. The van der Waals surface area contributed by atoms with E-state index in [1.807, 2.05) is 22.6 Å². The topological polar surface area (TPSA) is 66.4 Å². The summed E-state index contributed by atoms with van der Waals surface area (Å²) in [5, 5.41) is 10.7. The van der Waals surface area contributed by atoms with Crippen LogP contribution in [0.25, 0.3) is 0 Å². The van der Waals surface area contributed by atoms with Crippen molar-refractivity contribution in [2.75, 3.05) is 0 Å². The molecular formula is C14H14F2IO4-. The molecule has 1 aromatic carbocycles. The van der Waals surface area contributed by atoms with E-state index in [1.54, 1.807) is 12.1 Å². The number of aliphatic carboxylic acids is 1. The fraction of sp³-hybridized carbons (Fsp3) is 0.429. The highest BCUT2D eigenvalue weighted by Crippen LogP contribution is 2.38. The Morgan fingerprint density at radius 3 is 2.10 bits per heavy atom. The fourth-order valence-corrected chi connectivity index (χ4v) is 1.94. The molecule has 0 aliphatic rings. The van der Waals surface area contributed by atoms with E-state index in [4.69, 9.17) is 4.74 Å². The molecule has 1 aromatic rings. The van der Waals surface area contributed by atoms with Gasteiger partial charge in [-0.05, 0) is 59.7 Å². The highest BCUT2D eigenvalue weighted by molar-refractivity contribution is 14.1. The predicted molar refractivity (Wildman–Crippen MR) is 77.8 cm³/mol. The van der Waals surface area contributed by atoms with Crippen molar-refractivity contribution in [3.63, 3.8) is 0 Å². The molecule has 0 spiro atoms. The fourth-order valence-electron chi connectivity index (χ4n) is 1.58. The third-order valence-electron chi connectivity index (χ3n) is 3.37. The summed E-state index contributed by atoms with van der Waals surface area (Å²) in [7, 11) is 0. The van der Waals surface area contributed by atoms with Crippen LogP contribution in [0.3, 0.4) is 0 Å². The van der Waals surface area contributed by atoms with Gasteiger partial charge in [0.05, 0.1) is 5.56 Å². The summed E-state index contributed by atoms with van der Waals surface area (Å²) in [6.45, 7) is 3.58. The van der Waals surface area contributed by atoms with Gasteiger partial charge in [-0.2, -0.15) is 8.78 Å². The van der Waals surface area contributed by atoms with Crippen LogP contribution in [0.15, 0.2) is 24.3 Å². The van der Waals surface area contributed by atoms with E-state index < -0.39 is 29.4 Å². The number of hydrogen-bond acceptors (Lipinski definition) is 4. The van der Waals surface area contributed by atoms with Crippen molar-refractivity contribution < 1.29 is 28.2 Å². The first-order valence-corrected chi connectivity index (χ1v) is 7.18. The molecule has 7 heteroatoms. The van der Waals surface area contributed by atoms with Crippen LogP contribution in [0.1, 0.15) is 31.1 Å². The Morgan fingerprint density at radius 1 is 1.24 bits per heavy atom. The van der Waals surface area contributed by atoms with E-state index in [9.17, 15) is 23.5 Å². The Morgan fingerprint density at radius 2 is 1.71 bits per heavy atom. The number of ether oxygens (including phenoxy) is 1. The molecule has 0 aliphatic carbocycles. The normalized spacial score (nSPS) is 14.6. The summed E-state index contributed by atoms with van der Waals surface area (Å²) in [6.07, 6.45) is 0. The number of rotatable bonds is 5. The minimum Gasteiger partial charge on any atom is -0.544 e. The number of esters is 1. The maximum atomic E-state index is 13.8. The molecule has 0 N–H and O–H groups in total. The molecule has 0 bridgehead atoms. The van der Waals surface area contributed by atoms with Gasteiger partial charge in [0.25, 0.3) is 0 Å². The molecule has 0 aliphatic heterocycles. The van der Waals surface area contributed by atoms with E-state index >= 15 is 0 Å². The Labute approximate surface area is 134 Å². The number of carbonyl (C=O) groups is 2. The van der Waals surface area contributed by atoms with Crippen LogP contribution in [0.5, 0.6) is 0 Å². The summed E-state index contributed by atoms with van der Waals surface area (Å²) < 4.78 is 33.4. The molecule has 0 fully saturated rings. The molecule has 0 aromatic heterocycles. The molecule has 0 saturated heterocycles. The third-order valence-corrected chi connectivity index (χ3v) is 4.09. The van der Waals surface area contributed by atoms with E-state index in [-0.39, 0.29) is 5.56 Å². The Bertz CT molecular complexity index is 542. The molecule has 4 nitrogen and oxygen atoms in total. The van der Waals surface area contributed by atoms with Gasteiger partial charge in [0.15, 0.2) is 5.60 Å². The lowest BCUT2D eigenvalue weighted by Gasteiger charge is -2.40. The summed E-state index contributed by atoms with van der Waals surface area (Å²) in [6, 6.07) is 6.06. The zero-order valence-corrected chi connectivity index (χ0v) is 13.8. The van der Waals surface area contributed by atoms with Crippen LogP contribution in [-0.4, -0.2) is 23.5 Å². The van der Waals surface area contributed by atoms with Gasteiger partial charge in [-0.1, -0.05) is 13.8 Å². The lowest BCUT2D eigenvalue weighted by atomic mass is 9.85. The summed E-state index contributed by atoms with van der Waals surface area (Å²) in [4.78, 5) is 22.7. The van der Waals surface area contributed by atoms with Crippen LogP contribution in [0, 0.1) is 9.49 Å². The highest BCUT2D eigenvalue weighted by atomic mass is 127. The lowest BCUT2D eigenvalue weighted by molar-refractivity contribution is -0.345. The SMILES string of the molecule is CC(C)C(C)(OC(=O)c1ccc(I)cc1)C(F)(F)C(=O)[O-]. The van der Waals surface area contributed by atoms with Crippen LogP contribution in [0.4, 0.5) is 8.78 Å². The zero-order valence-electron chi connectivity index (χ0n) is 11.7. The Kier molecular flexibility index (Phi) is 5.30. The van der Waals surface area contributed by atoms with Crippen molar-refractivity contribution in [3.8, 4) is 0 Å². The van der Waals surface area contributed by atoms with Crippen LogP contribution < -0.4 is 5.11 Å². The largest absolute Gasteiger partial charge is 0.544 e. The number of carbonyl (C=O) groups excluding carboxylic acids is 2. The number of carboxylic acids is 1. The molecule has 0 amide bonds. The molecular weight excluding hydrogens is 397 g/mol. The average molecular weight is 411 g/mol. The first-order valence-electron chi connectivity index (χ1n) is 6.10. The third kappa shape index (κ3) is 3.50. The molecule has 1 rings (SSSR count). The predicted octanol–water partition coefficient (Wildman–Crippen LogP) is 2.25. The maximum absolute atomic E-state index is 13.8. The van der Waals surface area contributed by atoms with Gasteiger partial charge < -0.3 is 14.6 Å². The lowest BCUT2D eigenvalue weighted by Crippen LogP contribution is -2.61. The monoisotopic (exact) mass is 411 g/mol. The average Bonchev–Trinajstić information content (AvgIpc) is 2.38. The number of alkyl halides is 2.